The molecule has 1 N–H and O–H groups in total. The third-order valence-electron chi connectivity index (χ3n) is 4.96. The van der Waals surface area contributed by atoms with Crippen molar-refractivity contribution in [3.05, 3.63) is 46.6 Å². The Labute approximate surface area is 145 Å². The van der Waals surface area contributed by atoms with Crippen LogP contribution in [0.5, 0.6) is 0 Å². The van der Waals surface area contributed by atoms with Gasteiger partial charge in [-0.25, -0.2) is 4.98 Å². The third kappa shape index (κ3) is 2.90. The average molecular weight is 345 g/mol. The average Bonchev–Trinajstić information content (AvgIpc) is 3.28. The van der Waals surface area contributed by atoms with Gasteiger partial charge in [0.25, 0.3) is 0 Å². The molecule has 2 unspecified atom stereocenters. The number of furan rings is 1. The third-order valence-corrected chi connectivity index (χ3v) is 5.86. The molecule has 1 fully saturated rings. The second-order valence-electron chi connectivity index (χ2n) is 6.67. The number of aryl methyl sites for hydroxylation is 2. The van der Waals surface area contributed by atoms with E-state index in [0.29, 0.717) is 11.8 Å². The van der Waals surface area contributed by atoms with Crippen LogP contribution in [0.4, 0.5) is 0 Å². The fraction of sp³-hybridized carbons (Fsp3) is 0.500. The second-order valence-corrected chi connectivity index (χ2v) is 7.88. The largest absolute Gasteiger partial charge is 0.467 e. The Kier molecular flexibility index (Phi) is 4.20. The van der Waals surface area contributed by atoms with Crippen molar-refractivity contribution in [3.8, 4) is 0 Å². The second kappa shape index (κ2) is 6.35. The van der Waals surface area contributed by atoms with Crippen LogP contribution in [0.3, 0.4) is 0 Å². The van der Waals surface area contributed by atoms with Crippen molar-refractivity contribution in [2.24, 2.45) is 0 Å². The van der Waals surface area contributed by atoms with Crippen molar-refractivity contribution in [3.63, 3.8) is 0 Å². The maximum absolute atomic E-state index is 10.4. The van der Waals surface area contributed by atoms with Crippen LogP contribution in [0.2, 0.25) is 0 Å². The van der Waals surface area contributed by atoms with Gasteiger partial charge in [-0.2, -0.15) is 0 Å². The number of fused-ring (bicyclic) bond motifs is 1. The quantitative estimate of drug-likeness (QED) is 0.766. The van der Waals surface area contributed by atoms with Crippen LogP contribution in [0, 0.1) is 13.8 Å². The Bertz CT molecular complexity index is 821. The summed E-state index contributed by atoms with van der Waals surface area (Å²) in [5.74, 6) is 0.665. The van der Waals surface area contributed by atoms with E-state index in [1.807, 2.05) is 12.1 Å². The lowest BCUT2D eigenvalue weighted by atomic mass is 10.0. The SMILES string of the molecule is Cc1cn2c(CN3CCCC3CC(O)c3ccco3)c(C)nc2s1. The Morgan fingerprint density at radius 1 is 1.46 bits per heavy atom. The van der Waals surface area contributed by atoms with Crippen molar-refractivity contribution in [1.82, 2.24) is 14.3 Å². The summed E-state index contributed by atoms with van der Waals surface area (Å²) in [7, 11) is 0. The van der Waals surface area contributed by atoms with Crippen molar-refractivity contribution in [1.29, 1.82) is 0 Å². The highest BCUT2D eigenvalue weighted by molar-refractivity contribution is 7.17. The number of aromatic nitrogens is 2. The van der Waals surface area contributed by atoms with Gasteiger partial charge in [0.15, 0.2) is 4.96 Å². The lowest BCUT2D eigenvalue weighted by Gasteiger charge is -2.25. The van der Waals surface area contributed by atoms with E-state index in [9.17, 15) is 5.11 Å². The van der Waals surface area contributed by atoms with Crippen LogP contribution in [0.15, 0.2) is 29.0 Å². The van der Waals surface area contributed by atoms with E-state index >= 15 is 0 Å². The zero-order valence-corrected chi connectivity index (χ0v) is 14.9. The van der Waals surface area contributed by atoms with Gasteiger partial charge in [-0.1, -0.05) is 0 Å². The first kappa shape index (κ1) is 15.9. The number of imidazole rings is 1. The molecule has 24 heavy (non-hydrogen) atoms. The van der Waals surface area contributed by atoms with Gasteiger partial charge < -0.3 is 9.52 Å². The van der Waals surface area contributed by atoms with Gasteiger partial charge in [-0.3, -0.25) is 9.30 Å². The Morgan fingerprint density at radius 3 is 3.12 bits per heavy atom. The molecule has 2 atom stereocenters. The maximum atomic E-state index is 10.4. The highest BCUT2D eigenvalue weighted by Crippen LogP contribution is 2.30. The van der Waals surface area contributed by atoms with E-state index in [2.05, 4.69) is 29.3 Å². The number of rotatable bonds is 5. The lowest BCUT2D eigenvalue weighted by Crippen LogP contribution is -2.31. The molecule has 128 valence electrons. The summed E-state index contributed by atoms with van der Waals surface area (Å²) in [6.07, 6.45) is 6.30. The van der Waals surface area contributed by atoms with Crippen LogP contribution in [-0.2, 0) is 6.54 Å². The van der Waals surface area contributed by atoms with Gasteiger partial charge in [0, 0.05) is 23.7 Å². The Morgan fingerprint density at radius 2 is 2.33 bits per heavy atom. The molecule has 1 aliphatic heterocycles. The summed E-state index contributed by atoms with van der Waals surface area (Å²) in [5.41, 5.74) is 2.38. The van der Waals surface area contributed by atoms with Crippen molar-refractivity contribution < 1.29 is 9.52 Å². The molecule has 5 nitrogen and oxygen atoms in total. The van der Waals surface area contributed by atoms with E-state index in [0.717, 1.165) is 36.6 Å². The van der Waals surface area contributed by atoms with Crippen LogP contribution in [-0.4, -0.2) is 32.0 Å². The molecule has 0 amide bonds. The summed E-state index contributed by atoms with van der Waals surface area (Å²) in [6, 6.07) is 4.06. The van der Waals surface area contributed by atoms with E-state index in [-0.39, 0.29) is 0 Å². The summed E-state index contributed by atoms with van der Waals surface area (Å²) in [5, 5.41) is 10.4. The fourth-order valence-corrected chi connectivity index (χ4v) is 4.61. The molecule has 0 aliphatic carbocycles. The molecular formula is C18H23N3O2S. The minimum atomic E-state index is -0.527. The predicted octanol–water partition coefficient (Wildman–Crippen LogP) is 3.69. The standard InChI is InChI=1S/C18H23N3O2S/c1-12-10-21-15(13(2)19-18(21)24-12)11-20-7-3-5-14(20)9-16(22)17-6-4-8-23-17/h4,6,8,10,14,16,22H,3,5,7,9,11H2,1-2H3. The molecule has 0 radical (unpaired) electrons. The summed E-state index contributed by atoms with van der Waals surface area (Å²) >= 11 is 1.74. The fourth-order valence-electron chi connectivity index (χ4n) is 3.72. The van der Waals surface area contributed by atoms with E-state index < -0.39 is 6.10 Å². The smallest absolute Gasteiger partial charge is 0.194 e. The Balaban J connectivity index is 1.51. The first-order valence-electron chi connectivity index (χ1n) is 8.51. The number of aliphatic hydroxyl groups excluding tert-OH is 1. The molecule has 0 saturated carbocycles. The van der Waals surface area contributed by atoms with Crippen molar-refractivity contribution >= 4 is 16.3 Å². The zero-order valence-electron chi connectivity index (χ0n) is 14.1. The summed E-state index contributed by atoms with van der Waals surface area (Å²) < 4.78 is 7.57. The van der Waals surface area contributed by atoms with Crippen molar-refractivity contribution in [2.45, 2.75) is 51.8 Å². The molecule has 4 rings (SSSR count). The molecule has 3 aromatic heterocycles. The molecule has 3 aromatic rings. The highest BCUT2D eigenvalue weighted by atomic mass is 32.1. The molecule has 0 spiro atoms. The normalized spacial score (nSPS) is 20.2. The predicted molar refractivity (Wildman–Crippen MR) is 94.3 cm³/mol. The minimum absolute atomic E-state index is 0.384. The van der Waals surface area contributed by atoms with Gasteiger partial charge in [0.1, 0.15) is 11.9 Å². The molecule has 1 aliphatic rings. The van der Waals surface area contributed by atoms with Gasteiger partial charge in [0.05, 0.1) is 17.7 Å². The minimum Gasteiger partial charge on any atom is -0.467 e. The van der Waals surface area contributed by atoms with Crippen LogP contribution < -0.4 is 0 Å². The van der Waals surface area contributed by atoms with Crippen LogP contribution in [0.1, 0.15) is 47.4 Å². The van der Waals surface area contributed by atoms with Gasteiger partial charge in [0.2, 0.25) is 0 Å². The van der Waals surface area contributed by atoms with Crippen molar-refractivity contribution in [2.75, 3.05) is 6.54 Å². The summed E-state index contributed by atoms with van der Waals surface area (Å²) in [4.78, 5) is 9.53. The highest BCUT2D eigenvalue weighted by Gasteiger charge is 2.29. The number of likely N-dealkylation sites (tertiary alicyclic amines) is 1. The monoisotopic (exact) mass is 345 g/mol. The van der Waals surface area contributed by atoms with Crippen LogP contribution in [0.25, 0.3) is 4.96 Å². The molecule has 1 saturated heterocycles. The number of hydrogen-bond donors (Lipinski definition) is 1. The van der Waals surface area contributed by atoms with E-state index in [1.54, 1.807) is 17.6 Å². The summed E-state index contributed by atoms with van der Waals surface area (Å²) in [6.45, 7) is 6.17. The first-order valence-corrected chi connectivity index (χ1v) is 9.33. The maximum Gasteiger partial charge on any atom is 0.194 e. The number of hydrogen-bond acceptors (Lipinski definition) is 5. The molecule has 4 heterocycles. The molecule has 0 bridgehead atoms. The lowest BCUT2D eigenvalue weighted by molar-refractivity contribution is 0.0990. The first-order chi connectivity index (χ1) is 11.6. The Hall–Kier alpha value is -1.63. The molecular weight excluding hydrogens is 322 g/mol. The van der Waals surface area contributed by atoms with Gasteiger partial charge in [-0.05, 0) is 51.8 Å². The van der Waals surface area contributed by atoms with E-state index in [1.165, 1.54) is 17.0 Å². The van der Waals surface area contributed by atoms with Crippen LogP contribution >= 0.6 is 11.3 Å². The van der Waals surface area contributed by atoms with E-state index in [4.69, 9.17) is 9.40 Å². The topological polar surface area (TPSA) is 53.9 Å². The molecule has 6 heteroatoms. The number of aliphatic hydroxyl groups is 1. The van der Waals surface area contributed by atoms with Gasteiger partial charge >= 0.3 is 0 Å². The van der Waals surface area contributed by atoms with Gasteiger partial charge in [-0.15, -0.1) is 11.3 Å². The molecule has 0 aromatic carbocycles. The number of thiazole rings is 1. The number of nitrogens with zero attached hydrogens (tertiary/aromatic N) is 3. The zero-order chi connectivity index (χ0) is 16.7.